The van der Waals surface area contributed by atoms with E-state index in [1.165, 1.54) is 11.1 Å². The zero-order chi connectivity index (χ0) is 16.5. The first-order chi connectivity index (χ1) is 10.5. The van der Waals surface area contributed by atoms with E-state index >= 15 is 0 Å². The number of hydrogen-bond donors (Lipinski definition) is 2. The lowest BCUT2D eigenvalue weighted by Gasteiger charge is -2.17. The van der Waals surface area contributed by atoms with Crippen molar-refractivity contribution < 1.29 is 0 Å². The van der Waals surface area contributed by atoms with Crippen LogP contribution < -0.4 is 0 Å². The minimum Gasteiger partial charge on any atom is -0.179 e. The van der Waals surface area contributed by atoms with Crippen molar-refractivity contribution in [2.75, 3.05) is 23.0 Å². The van der Waals surface area contributed by atoms with Crippen LogP contribution in [0.2, 0.25) is 0 Å². The van der Waals surface area contributed by atoms with Crippen molar-refractivity contribution in [1.82, 2.24) is 0 Å². The monoisotopic (exact) mass is 630 g/mol. The van der Waals surface area contributed by atoms with Gasteiger partial charge in [0.1, 0.15) is 0 Å². The van der Waals surface area contributed by atoms with Crippen LogP contribution in [0.3, 0.4) is 0 Å². The number of thioether (sulfide) groups is 2. The molecule has 1 rings (SSSR count). The molecule has 0 aromatic heterocycles. The molecule has 126 valence electrons. The highest BCUT2D eigenvalue weighted by atomic mass is 79.9. The molecular formula is C14H18Br4S4. The van der Waals surface area contributed by atoms with E-state index < -0.39 is 0 Å². The second kappa shape index (κ2) is 12.8. The summed E-state index contributed by atoms with van der Waals surface area (Å²) < 4.78 is 4.47. The van der Waals surface area contributed by atoms with Gasteiger partial charge in [-0.3, -0.25) is 0 Å². The number of benzene rings is 1. The molecule has 1 aromatic carbocycles. The molecule has 0 saturated carbocycles. The summed E-state index contributed by atoms with van der Waals surface area (Å²) in [6, 6.07) is 0. The molecule has 0 aliphatic carbocycles. The van der Waals surface area contributed by atoms with Crippen LogP contribution in [0.5, 0.6) is 0 Å². The van der Waals surface area contributed by atoms with Crippen molar-refractivity contribution in [2.45, 2.75) is 24.3 Å². The Kier molecular flexibility index (Phi) is 13.2. The van der Waals surface area contributed by atoms with Crippen molar-refractivity contribution in [2.24, 2.45) is 0 Å². The average molecular weight is 634 g/mol. The van der Waals surface area contributed by atoms with Crippen molar-refractivity contribution in [3.8, 4) is 0 Å². The molecule has 0 radical (unpaired) electrons. The van der Waals surface area contributed by atoms with Crippen LogP contribution in [0.4, 0.5) is 0 Å². The minimum atomic E-state index is 0.953. The third-order valence-electron chi connectivity index (χ3n) is 2.86. The van der Waals surface area contributed by atoms with E-state index in [0.717, 1.165) is 65.2 Å². The summed E-state index contributed by atoms with van der Waals surface area (Å²) in [6.07, 6.45) is 2.30. The highest BCUT2D eigenvalue weighted by Gasteiger charge is 2.18. The van der Waals surface area contributed by atoms with E-state index in [4.69, 9.17) is 0 Å². The molecule has 0 atom stereocenters. The summed E-state index contributed by atoms with van der Waals surface area (Å²) in [5.74, 6) is 6.23. The van der Waals surface area contributed by atoms with Gasteiger partial charge in [-0.05, 0) is 111 Å². The Hall–Kier alpha value is 2.54. The predicted molar refractivity (Wildman–Crippen MR) is 127 cm³/mol. The first-order valence-electron chi connectivity index (χ1n) is 6.75. The molecule has 0 fully saturated rings. The molecule has 0 aliphatic heterocycles. The van der Waals surface area contributed by atoms with Gasteiger partial charge in [0.15, 0.2) is 0 Å². The van der Waals surface area contributed by atoms with Gasteiger partial charge in [-0.2, -0.15) is 48.8 Å². The predicted octanol–water partition coefficient (Wildman–Crippen LogP) is 7.84. The zero-order valence-corrected chi connectivity index (χ0v) is 21.6. The highest BCUT2D eigenvalue weighted by molar-refractivity contribution is 9.15. The first kappa shape index (κ1) is 22.6. The molecule has 0 heterocycles. The van der Waals surface area contributed by atoms with Gasteiger partial charge in [-0.25, -0.2) is 0 Å². The number of halogens is 4. The highest BCUT2D eigenvalue weighted by Crippen LogP contribution is 2.44. The number of hydrogen-bond acceptors (Lipinski definition) is 4. The normalized spacial score (nSPS) is 11.2. The standard InChI is InChI=1S/C14H18Br4S4/c15-11-9(7-21-5-1-3-19)10(8-22-6-2-4-20)12(16)14(18)13(11)17/h19-20H,1-8H2. The third kappa shape index (κ3) is 7.04. The Morgan fingerprint density at radius 3 is 1.32 bits per heavy atom. The van der Waals surface area contributed by atoms with Gasteiger partial charge in [-0.1, -0.05) is 0 Å². The molecule has 0 N–H and O–H groups in total. The van der Waals surface area contributed by atoms with Crippen LogP contribution in [0.25, 0.3) is 0 Å². The fourth-order valence-corrected chi connectivity index (χ4v) is 7.41. The van der Waals surface area contributed by atoms with Crippen LogP contribution in [-0.4, -0.2) is 23.0 Å². The summed E-state index contributed by atoms with van der Waals surface area (Å²) in [7, 11) is 0. The van der Waals surface area contributed by atoms with Crippen LogP contribution in [-0.2, 0) is 11.5 Å². The molecule has 0 amide bonds. The van der Waals surface area contributed by atoms with Crippen LogP contribution >= 0.6 is 113 Å². The lowest BCUT2D eigenvalue weighted by atomic mass is 10.1. The van der Waals surface area contributed by atoms with Crippen LogP contribution in [0.15, 0.2) is 17.9 Å². The molecule has 0 saturated heterocycles. The fourth-order valence-electron chi connectivity index (χ4n) is 1.71. The summed E-state index contributed by atoms with van der Waals surface area (Å²) in [4.78, 5) is 0. The second-order valence-corrected chi connectivity index (χ2v) is 10.7. The summed E-state index contributed by atoms with van der Waals surface area (Å²) in [5.41, 5.74) is 2.76. The van der Waals surface area contributed by atoms with Crippen molar-refractivity contribution in [3.63, 3.8) is 0 Å². The summed E-state index contributed by atoms with van der Waals surface area (Å²) in [6.45, 7) is 0. The van der Waals surface area contributed by atoms with Crippen LogP contribution in [0, 0.1) is 0 Å². The number of rotatable bonds is 10. The van der Waals surface area contributed by atoms with Gasteiger partial charge in [0.25, 0.3) is 0 Å². The molecule has 0 aliphatic rings. The van der Waals surface area contributed by atoms with Gasteiger partial charge >= 0.3 is 0 Å². The van der Waals surface area contributed by atoms with E-state index in [1.807, 2.05) is 23.5 Å². The lowest BCUT2D eigenvalue weighted by molar-refractivity contribution is 1.12. The zero-order valence-electron chi connectivity index (χ0n) is 11.9. The molecule has 0 spiro atoms. The molecule has 0 bridgehead atoms. The molecule has 22 heavy (non-hydrogen) atoms. The van der Waals surface area contributed by atoms with Crippen LogP contribution in [0.1, 0.15) is 24.0 Å². The maximum absolute atomic E-state index is 4.28. The average Bonchev–Trinajstić information content (AvgIpc) is 2.52. The SMILES string of the molecule is SCCCSCc1c(Br)c(Br)c(Br)c(Br)c1CSCCCS. The van der Waals surface area contributed by atoms with Crippen molar-refractivity contribution >= 4 is 113 Å². The molecule has 0 unspecified atom stereocenters. The first-order valence-corrected chi connectivity index (χ1v) is 13.5. The Morgan fingerprint density at radius 1 is 0.636 bits per heavy atom. The molecular weight excluding hydrogens is 616 g/mol. The van der Waals surface area contributed by atoms with E-state index in [2.05, 4.69) is 89.0 Å². The smallest absolute Gasteiger partial charge is 0.0474 e. The Morgan fingerprint density at radius 2 is 1.00 bits per heavy atom. The van der Waals surface area contributed by atoms with Gasteiger partial charge in [0.05, 0.1) is 0 Å². The molecule has 1 aromatic rings. The van der Waals surface area contributed by atoms with Gasteiger partial charge in [0, 0.05) is 29.4 Å². The van der Waals surface area contributed by atoms with E-state index in [1.54, 1.807) is 0 Å². The minimum absolute atomic E-state index is 0.953. The Labute approximate surface area is 186 Å². The molecule has 8 heteroatoms. The van der Waals surface area contributed by atoms with Gasteiger partial charge in [-0.15, -0.1) is 0 Å². The van der Waals surface area contributed by atoms with E-state index in [9.17, 15) is 0 Å². The lowest BCUT2D eigenvalue weighted by Crippen LogP contribution is -1.99. The molecule has 0 nitrogen and oxygen atoms in total. The quantitative estimate of drug-likeness (QED) is 0.117. The topological polar surface area (TPSA) is 0 Å². The fraction of sp³-hybridized carbons (Fsp3) is 0.571. The maximum Gasteiger partial charge on any atom is 0.0474 e. The van der Waals surface area contributed by atoms with Gasteiger partial charge < -0.3 is 0 Å². The third-order valence-corrected chi connectivity index (χ3v) is 10.6. The largest absolute Gasteiger partial charge is 0.179 e. The maximum atomic E-state index is 4.28. The number of thiol groups is 2. The van der Waals surface area contributed by atoms with E-state index in [-0.39, 0.29) is 0 Å². The van der Waals surface area contributed by atoms with Crippen molar-refractivity contribution in [3.05, 3.63) is 29.0 Å². The Balaban J connectivity index is 2.93. The Bertz CT molecular complexity index is 440. The summed E-state index contributed by atoms with van der Waals surface area (Å²) in [5, 5.41) is 0. The second-order valence-electron chi connectivity index (χ2n) is 4.47. The summed E-state index contributed by atoms with van der Waals surface area (Å²) >= 11 is 27.4. The van der Waals surface area contributed by atoms with E-state index in [0.29, 0.717) is 0 Å². The van der Waals surface area contributed by atoms with Gasteiger partial charge in [0.2, 0.25) is 0 Å². The van der Waals surface area contributed by atoms with Crippen molar-refractivity contribution in [1.29, 1.82) is 0 Å².